The second-order valence-electron chi connectivity index (χ2n) is 15.8. The number of imidazole rings is 2. The number of hydrogen-bond acceptors (Lipinski definition) is 7. The van der Waals surface area contributed by atoms with Gasteiger partial charge in [0.1, 0.15) is 36.1 Å². The van der Waals surface area contributed by atoms with E-state index in [4.69, 9.17) is 14.7 Å². The molecule has 2 saturated heterocycles. The van der Waals surface area contributed by atoms with Crippen LogP contribution in [-0.4, -0.2) is 92.6 Å². The van der Waals surface area contributed by atoms with Crippen LogP contribution in [0.4, 0.5) is 0 Å². The summed E-state index contributed by atoms with van der Waals surface area (Å²) < 4.78 is 6.17. The predicted molar refractivity (Wildman–Crippen MR) is 225 cm³/mol. The molecule has 4 heterocycles. The molecule has 2 fully saturated rings. The van der Waals surface area contributed by atoms with E-state index in [0.717, 1.165) is 82.3 Å². The van der Waals surface area contributed by atoms with E-state index < -0.39 is 0 Å². The predicted octanol–water partition coefficient (Wildman–Crippen LogP) is 7.98. The Morgan fingerprint density at radius 2 is 1.07 bits per heavy atom. The van der Waals surface area contributed by atoms with E-state index in [0.29, 0.717) is 19.7 Å². The molecule has 0 aliphatic carbocycles. The van der Waals surface area contributed by atoms with Crippen molar-refractivity contribution < 1.29 is 14.3 Å². The van der Waals surface area contributed by atoms with Crippen molar-refractivity contribution in [1.29, 1.82) is 0 Å². The van der Waals surface area contributed by atoms with Gasteiger partial charge in [0, 0.05) is 13.1 Å². The summed E-state index contributed by atoms with van der Waals surface area (Å²) in [6, 6.07) is 35.4. The highest BCUT2D eigenvalue weighted by atomic mass is 16.5. The Balaban J connectivity index is 0.869. The summed E-state index contributed by atoms with van der Waals surface area (Å²) in [6.45, 7) is 1.86. The molecule has 58 heavy (non-hydrogen) atoms. The summed E-state index contributed by atoms with van der Waals surface area (Å²) in [7, 11) is 7.82. The van der Waals surface area contributed by atoms with Crippen LogP contribution in [0.1, 0.15) is 78.2 Å². The average molecular weight is 777 g/mol. The Bertz CT molecular complexity index is 2120. The summed E-state index contributed by atoms with van der Waals surface area (Å²) in [6.07, 6.45) is 7.35. The molecule has 0 radical (unpaired) electrons. The van der Waals surface area contributed by atoms with Crippen LogP contribution in [0.5, 0.6) is 5.75 Å². The first-order valence-electron chi connectivity index (χ1n) is 20.2. The van der Waals surface area contributed by atoms with E-state index >= 15 is 0 Å². The number of rotatable bonds is 13. The molecule has 2 aromatic heterocycles. The van der Waals surface area contributed by atoms with Crippen LogP contribution in [-0.2, 0) is 16.2 Å². The molecular formula is C47H52N8O3. The van der Waals surface area contributed by atoms with Crippen LogP contribution in [0, 0.1) is 0 Å². The van der Waals surface area contributed by atoms with E-state index in [1.807, 2.05) is 145 Å². The van der Waals surface area contributed by atoms with Crippen molar-refractivity contribution in [3.8, 4) is 28.3 Å². The number of carbonyl (C=O) groups excluding carboxylic acids is 2. The summed E-state index contributed by atoms with van der Waals surface area (Å²) in [5.41, 5.74) is 6.88. The van der Waals surface area contributed by atoms with Gasteiger partial charge in [-0.3, -0.25) is 19.4 Å². The van der Waals surface area contributed by atoms with Crippen molar-refractivity contribution in [2.24, 2.45) is 0 Å². The second-order valence-corrected chi connectivity index (χ2v) is 15.8. The quantitative estimate of drug-likeness (QED) is 0.122. The van der Waals surface area contributed by atoms with Crippen molar-refractivity contribution in [2.75, 3.05) is 41.3 Å². The minimum atomic E-state index is -0.346. The Morgan fingerprint density at radius 1 is 0.638 bits per heavy atom. The molecule has 0 unspecified atom stereocenters. The number of H-pyrrole nitrogens is 2. The van der Waals surface area contributed by atoms with Gasteiger partial charge in [0.2, 0.25) is 11.8 Å². The lowest BCUT2D eigenvalue weighted by atomic mass is 10.0. The van der Waals surface area contributed by atoms with Crippen molar-refractivity contribution >= 4 is 11.8 Å². The molecule has 2 amide bonds. The van der Waals surface area contributed by atoms with Gasteiger partial charge in [-0.2, -0.15) is 0 Å². The summed E-state index contributed by atoms with van der Waals surface area (Å²) in [4.78, 5) is 52.3. The average Bonchev–Trinajstić information content (AvgIpc) is 4.08. The number of likely N-dealkylation sites (tertiary alicyclic amines) is 2. The molecule has 0 saturated carbocycles. The molecule has 0 spiro atoms. The topological polar surface area (TPSA) is 114 Å². The van der Waals surface area contributed by atoms with Crippen LogP contribution in [0.2, 0.25) is 0 Å². The molecule has 298 valence electrons. The first kappa shape index (κ1) is 38.8. The Labute approximate surface area is 340 Å². The minimum Gasteiger partial charge on any atom is -0.489 e. The van der Waals surface area contributed by atoms with Gasteiger partial charge < -0.3 is 24.5 Å². The van der Waals surface area contributed by atoms with E-state index in [-0.39, 0.29) is 36.0 Å². The molecule has 2 aliphatic rings. The number of aromatic nitrogens is 4. The van der Waals surface area contributed by atoms with Gasteiger partial charge in [0.15, 0.2) is 0 Å². The van der Waals surface area contributed by atoms with Gasteiger partial charge in [-0.25, -0.2) is 9.97 Å². The highest BCUT2D eigenvalue weighted by Crippen LogP contribution is 2.37. The molecule has 2 aliphatic heterocycles. The standard InChI is InChI=1S/C47H52N8O3/c1-52(2)42(35-13-7-5-8-14-35)46(56)54-27-11-17-40(54)44-48-29-38(50-44)33-21-19-32(20-22-33)31-58-37-25-23-34(24-26-37)39-30-49-45(51-39)41-18-12-28-55(41)47(57)43(53(3)4)36-15-9-6-10-16-36/h5-10,13-16,19-26,29-30,40-43H,11-12,17-18,27-28,31H2,1-4H3,(H,48,50)(H,49,51)/t40-,41-,42+,43+/m0/s1. The highest BCUT2D eigenvalue weighted by Gasteiger charge is 2.38. The normalized spacial score (nSPS) is 17.9. The molecule has 6 aromatic rings. The van der Waals surface area contributed by atoms with E-state index in [1.54, 1.807) is 0 Å². The third-order valence-corrected chi connectivity index (χ3v) is 11.5. The van der Waals surface area contributed by atoms with Crippen molar-refractivity contribution in [3.63, 3.8) is 0 Å². The molecule has 4 aromatic carbocycles. The monoisotopic (exact) mass is 776 g/mol. The summed E-state index contributed by atoms with van der Waals surface area (Å²) in [5, 5.41) is 0. The lowest BCUT2D eigenvalue weighted by Crippen LogP contribution is -2.40. The Hall–Kier alpha value is -6.04. The minimum absolute atomic E-state index is 0.0866. The van der Waals surface area contributed by atoms with Crippen molar-refractivity contribution in [2.45, 2.75) is 56.5 Å². The van der Waals surface area contributed by atoms with Gasteiger partial charge in [0.05, 0.1) is 35.9 Å². The number of likely N-dealkylation sites (N-methyl/N-ethyl adjacent to an activating group) is 2. The number of ether oxygens (including phenoxy) is 1. The first-order valence-corrected chi connectivity index (χ1v) is 20.2. The summed E-state index contributed by atoms with van der Waals surface area (Å²) >= 11 is 0. The number of nitrogens with zero attached hydrogens (tertiary/aromatic N) is 6. The van der Waals surface area contributed by atoms with Crippen LogP contribution >= 0.6 is 0 Å². The van der Waals surface area contributed by atoms with Gasteiger partial charge in [0.25, 0.3) is 0 Å². The van der Waals surface area contributed by atoms with E-state index in [1.165, 1.54) is 0 Å². The highest BCUT2D eigenvalue weighted by molar-refractivity contribution is 5.84. The van der Waals surface area contributed by atoms with Crippen LogP contribution in [0.25, 0.3) is 22.5 Å². The van der Waals surface area contributed by atoms with Crippen LogP contribution in [0.15, 0.2) is 122 Å². The zero-order valence-corrected chi connectivity index (χ0v) is 33.7. The number of hydrogen-bond donors (Lipinski definition) is 2. The molecular weight excluding hydrogens is 725 g/mol. The number of nitrogens with one attached hydrogen (secondary N) is 2. The number of benzene rings is 4. The number of amides is 2. The van der Waals surface area contributed by atoms with Crippen LogP contribution in [0.3, 0.4) is 0 Å². The first-order chi connectivity index (χ1) is 28.2. The molecule has 0 bridgehead atoms. The SMILES string of the molecule is CN(C)[C@@H](C(=O)N1CCC[C@H]1c1ncc(-c2ccc(COc3ccc(-c4cnc([C@@H]5CCCN5C(=O)[C@@H](c5ccccc5)N(C)C)[nH]4)cc3)cc2)[nH]1)c1ccccc1. The fourth-order valence-corrected chi connectivity index (χ4v) is 8.52. The number of carbonyl (C=O) groups is 2. The molecule has 11 heteroatoms. The molecule has 2 N–H and O–H groups in total. The van der Waals surface area contributed by atoms with Crippen LogP contribution < -0.4 is 4.74 Å². The largest absolute Gasteiger partial charge is 0.489 e. The zero-order valence-electron chi connectivity index (χ0n) is 33.7. The molecule has 4 atom stereocenters. The third kappa shape index (κ3) is 8.19. The smallest absolute Gasteiger partial charge is 0.245 e. The van der Waals surface area contributed by atoms with Gasteiger partial charge >= 0.3 is 0 Å². The maximum Gasteiger partial charge on any atom is 0.245 e. The van der Waals surface area contributed by atoms with E-state index in [2.05, 4.69) is 34.2 Å². The number of aromatic amines is 2. The summed E-state index contributed by atoms with van der Waals surface area (Å²) in [5.74, 6) is 2.61. The van der Waals surface area contributed by atoms with Gasteiger partial charge in [-0.15, -0.1) is 0 Å². The molecule has 8 rings (SSSR count). The van der Waals surface area contributed by atoms with E-state index in [9.17, 15) is 9.59 Å². The van der Waals surface area contributed by atoms with Crippen molar-refractivity contribution in [1.82, 2.24) is 39.5 Å². The zero-order chi connectivity index (χ0) is 40.2. The second kappa shape index (κ2) is 17.2. The Kier molecular flexibility index (Phi) is 11.5. The lowest BCUT2D eigenvalue weighted by Gasteiger charge is -2.31. The third-order valence-electron chi connectivity index (χ3n) is 11.5. The fourth-order valence-electron chi connectivity index (χ4n) is 8.52. The molecule has 11 nitrogen and oxygen atoms in total. The van der Waals surface area contributed by atoms with Gasteiger partial charge in [-0.05, 0) is 106 Å². The fraction of sp³-hybridized carbons (Fsp3) is 0.319. The van der Waals surface area contributed by atoms with Crippen molar-refractivity contribution in [3.05, 3.63) is 150 Å². The Morgan fingerprint density at radius 3 is 1.50 bits per heavy atom. The maximum atomic E-state index is 13.9. The lowest BCUT2D eigenvalue weighted by molar-refractivity contribution is -0.138. The van der Waals surface area contributed by atoms with Gasteiger partial charge in [-0.1, -0.05) is 84.9 Å². The maximum absolute atomic E-state index is 13.9.